The van der Waals surface area contributed by atoms with Crippen LogP contribution >= 0.6 is 0 Å². The molecule has 2 heterocycles. The van der Waals surface area contributed by atoms with Crippen LogP contribution in [0.4, 0.5) is 0 Å². The lowest BCUT2D eigenvalue weighted by Crippen LogP contribution is -2.42. The summed E-state index contributed by atoms with van der Waals surface area (Å²) in [5.74, 6) is -1.31. The number of nitrogens with one attached hydrogen (secondary N) is 4. The molecule has 1 aromatic heterocycles. The summed E-state index contributed by atoms with van der Waals surface area (Å²) in [6.45, 7) is 0. The zero-order valence-electron chi connectivity index (χ0n) is 17.4. The summed E-state index contributed by atoms with van der Waals surface area (Å²) in [4.78, 5) is 27.5. The molecule has 1 fully saturated rings. The zero-order chi connectivity index (χ0) is 23.6. The van der Waals surface area contributed by atoms with Crippen LogP contribution in [0.5, 0.6) is 0 Å². The molecule has 1 unspecified atom stereocenters. The van der Waals surface area contributed by atoms with Crippen LogP contribution in [0.3, 0.4) is 0 Å². The summed E-state index contributed by atoms with van der Waals surface area (Å²) < 4.78 is 50.4. The first kappa shape index (κ1) is 23.0. The standard InChI is InChI=1S/C21H22N4O6S2/c26-20(11-15-12-22-19-4-2-1-3-18(15)19)23-24-21(27)14-5-7-17(8-6-14)33(30,31)25-16-9-10-32(28,29)13-16/h1-8,12,16,22,25H,9-11,13H2,(H,23,26)(H,24,27). The number of rotatable bonds is 6. The first-order valence-electron chi connectivity index (χ1n) is 10.1. The molecule has 1 atom stereocenters. The number of para-hydroxylation sites is 1. The van der Waals surface area contributed by atoms with Gasteiger partial charge in [0.05, 0.1) is 22.8 Å². The lowest BCUT2D eigenvalue weighted by molar-refractivity contribution is -0.121. The number of amides is 2. The Balaban J connectivity index is 1.33. The van der Waals surface area contributed by atoms with E-state index in [-0.39, 0.29) is 34.8 Å². The third-order valence-electron chi connectivity index (χ3n) is 5.32. The zero-order valence-corrected chi connectivity index (χ0v) is 19.0. The number of benzene rings is 2. The van der Waals surface area contributed by atoms with E-state index in [1.54, 1.807) is 6.20 Å². The summed E-state index contributed by atoms with van der Waals surface area (Å²) in [5.41, 5.74) is 6.49. The minimum absolute atomic E-state index is 0.0503. The molecule has 1 aliphatic rings. The maximum Gasteiger partial charge on any atom is 0.269 e. The van der Waals surface area contributed by atoms with Crippen molar-refractivity contribution in [3.63, 3.8) is 0 Å². The fourth-order valence-corrected chi connectivity index (χ4v) is 6.70. The molecule has 2 aromatic carbocycles. The van der Waals surface area contributed by atoms with E-state index in [0.717, 1.165) is 16.5 Å². The van der Waals surface area contributed by atoms with Crippen LogP contribution in [0, 0.1) is 0 Å². The van der Waals surface area contributed by atoms with Crippen LogP contribution in [-0.2, 0) is 31.1 Å². The van der Waals surface area contributed by atoms with Crippen molar-refractivity contribution in [3.8, 4) is 0 Å². The topological polar surface area (TPSA) is 154 Å². The van der Waals surface area contributed by atoms with Crippen LogP contribution in [0.15, 0.2) is 59.6 Å². The molecule has 3 aromatic rings. The lowest BCUT2D eigenvalue weighted by Gasteiger charge is -2.12. The Morgan fingerprint density at radius 2 is 1.76 bits per heavy atom. The smallest absolute Gasteiger partial charge is 0.269 e. The lowest BCUT2D eigenvalue weighted by atomic mass is 10.1. The van der Waals surface area contributed by atoms with Crippen LogP contribution in [0.25, 0.3) is 10.9 Å². The van der Waals surface area contributed by atoms with Gasteiger partial charge in [-0.2, -0.15) is 0 Å². The van der Waals surface area contributed by atoms with Gasteiger partial charge in [0.2, 0.25) is 15.9 Å². The maximum absolute atomic E-state index is 12.5. The number of H-pyrrole nitrogens is 1. The maximum atomic E-state index is 12.5. The fraction of sp³-hybridized carbons (Fsp3) is 0.238. The van der Waals surface area contributed by atoms with E-state index >= 15 is 0 Å². The molecule has 1 aliphatic heterocycles. The highest BCUT2D eigenvalue weighted by Crippen LogP contribution is 2.18. The number of carbonyl (C=O) groups excluding carboxylic acids is 2. The highest BCUT2D eigenvalue weighted by Gasteiger charge is 2.31. The van der Waals surface area contributed by atoms with Gasteiger partial charge in [0.15, 0.2) is 9.84 Å². The van der Waals surface area contributed by atoms with Gasteiger partial charge < -0.3 is 4.98 Å². The third-order valence-corrected chi connectivity index (χ3v) is 8.63. The van der Waals surface area contributed by atoms with Crippen molar-refractivity contribution in [1.82, 2.24) is 20.6 Å². The number of aromatic amines is 1. The number of hydrazine groups is 1. The predicted octanol–water partition coefficient (Wildman–Crippen LogP) is 0.637. The highest BCUT2D eigenvalue weighted by molar-refractivity contribution is 7.92. The third kappa shape index (κ3) is 5.41. The number of hydrogen-bond acceptors (Lipinski definition) is 6. The molecule has 174 valence electrons. The summed E-state index contributed by atoms with van der Waals surface area (Å²) >= 11 is 0. The normalized spacial score (nSPS) is 17.6. The van der Waals surface area contributed by atoms with Gasteiger partial charge >= 0.3 is 0 Å². The minimum Gasteiger partial charge on any atom is -0.361 e. The van der Waals surface area contributed by atoms with E-state index in [0.29, 0.717) is 0 Å². The Bertz CT molecular complexity index is 1410. The molecule has 10 nitrogen and oxygen atoms in total. The van der Waals surface area contributed by atoms with Crippen molar-refractivity contribution in [2.45, 2.75) is 23.8 Å². The molecule has 2 amide bonds. The summed E-state index contributed by atoms with van der Waals surface area (Å²) in [5, 5.41) is 0.916. The van der Waals surface area contributed by atoms with Gasteiger partial charge in [0, 0.05) is 28.7 Å². The van der Waals surface area contributed by atoms with Crippen LogP contribution in [0.1, 0.15) is 22.3 Å². The first-order valence-corrected chi connectivity index (χ1v) is 13.4. The molecule has 1 saturated heterocycles. The second kappa shape index (κ2) is 8.96. The molecular weight excluding hydrogens is 468 g/mol. The van der Waals surface area contributed by atoms with Crippen LogP contribution in [-0.4, -0.2) is 51.2 Å². The van der Waals surface area contributed by atoms with Crippen molar-refractivity contribution < 1.29 is 26.4 Å². The van der Waals surface area contributed by atoms with Crippen LogP contribution < -0.4 is 15.6 Å². The van der Waals surface area contributed by atoms with Crippen molar-refractivity contribution >= 4 is 42.6 Å². The summed E-state index contributed by atoms with van der Waals surface area (Å²) in [7, 11) is -7.15. The van der Waals surface area contributed by atoms with Gasteiger partial charge in [0.1, 0.15) is 0 Å². The van der Waals surface area contributed by atoms with Crippen molar-refractivity contribution in [2.24, 2.45) is 0 Å². The molecule has 0 bridgehead atoms. The number of fused-ring (bicyclic) bond motifs is 1. The van der Waals surface area contributed by atoms with Gasteiger partial charge in [-0.05, 0) is 42.3 Å². The Hall–Kier alpha value is -3.22. The molecule has 33 heavy (non-hydrogen) atoms. The molecular formula is C21H22N4O6S2. The Kier molecular flexibility index (Phi) is 6.23. The Labute approximate surface area is 190 Å². The van der Waals surface area contributed by atoms with E-state index in [2.05, 4.69) is 20.6 Å². The van der Waals surface area contributed by atoms with Crippen molar-refractivity contribution in [3.05, 3.63) is 65.9 Å². The minimum atomic E-state index is -3.93. The summed E-state index contributed by atoms with van der Waals surface area (Å²) in [6.07, 6.45) is 2.02. The molecule has 12 heteroatoms. The molecule has 0 aliphatic carbocycles. The average molecular weight is 491 g/mol. The molecule has 0 spiro atoms. The number of sulfone groups is 1. The number of carbonyl (C=O) groups is 2. The Morgan fingerprint density at radius 3 is 2.45 bits per heavy atom. The van der Waals surface area contributed by atoms with Gasteiger partial charge in [-0.1, -0.05) is 18.2 Å². The van der Waals surface area contributed by atoms with Crippen molar-refractivity contribution in [2.75, 3.05) is 11.5 Å². The largest absolute Gasteiger partial charge is 0.361 e. The first-order chi connectivity index (χ1) is 15.6. The predicted molar refractivity (Wildman–Crippen MR) is 121 cm³/mol. The number of hydrogen-bond donors (Lipinski definition) is 4. The van der Waals surface area contributed by atoms with Crippen LogP contribution in [0.2, 0.25) is 0 Å². The molecule has 4 rings (SSSR count). The van der Waals surface area contributed by atoms with E-state index in [1.165, 1.54) is 24.3 Å². The molecule has 0 saturated carbocycles. The van der Waals surface area contributed by atoms with E-state index in [4.69, 9.17) is 0 Å². The monoisotopic (exact) mass is 490 g/mol. The van der Waals surface area contributed by atoms with E-state index < -0.39 is 37.7 Å². The second-order valence-corrected chi connectivity index (χ2v) is 11.7. The average Bonchev–Trinajstić information content (AvgIpc) is 3.34. The molecule has 4 N–H and O–H groups in total. The number of aromatic nitrogens is 1. The Morgan fingerprint density at radius 1 is 1.03 bits per heavy atom. The van der Waals surface area contributed by atoms with Crippen molar-refractivity contribution in [1.29, 1.82) is 0 Å². The van der Waals surface area contributed by atoms with Gasteiger partial charge in [-0.25, -0.2) is 21.6 Å². The summed E-state index contributed by atoms with van der Waals surface area (Å²) in [6, 6.07) is 12.0. The SMILES string of the molecule is O=C(Cc1c[nH]c2ccccc12)NNC(=O)c1ccc(S(=O)(=O)NC2CCS(=O)(=O)C2)cc1. The highest BCUT2D eigenvalue weighted by atomic mass is 32.2. The molecule has 0 radical (unpaired) electrons. The van der Waals surface area contributed by atoms with E-state index in [1.807, 2.05) is 24.3 Å². The van der Waals surface area contributed by atoms with Gasteiger partial charge in [-0.3, -0.25) is 20.4 Å². The second-order valence-electron chi connectivity index (χ2n) is 7.78. The van der Waals surface area contributed by atoms with E-state index in [9.17, 15) is 26.4 Å². The van der Waals surface area contributed by atoms with Gasteiger partial charge in [-0.15, -0.1) is 0 Å². The number of sulfonamides is 1. The van der Waals surface area contributed by atoms with Gasteiger partial charge in [0.25, 0.3) is 5.91 Å². The fourth-order valence-electron chi connectivity index (χ4n) is 3.65. The quantitative estimate of drug-likeness (QED) is 0.372.